The van der Waals surface area contributed by atoms with Crippen molar-refractivity contribution in [1.82, 2.24) is 9.97 Å². The molecule has 0 atom stereocenters. The van der Waals surface area contributed by atoms with Gasteiger partial charge < -0.3 is 10.6 Å². The minimum absolute atomic E-state index is 0.0767. The Kier molecular flexibility index (Phi) is 4.63. The molecule has 0 radical (unpaired) electrons. The maximum absolute atomic E-state index is 13.8. The normalized spacial score (nSPS) is 10.2. The van der Waals surface area contributed by atoms with Gasteiger partial charge >= 0.3 is 5.69 Å². The maximum Gasteiger partial charge on any atom is 0.329 e. The molecule has 1 aromatic carbocycles. The quantitative estimate of drug-likeness (QED) is 0.630. The smallest absolute Gasteiger partial charge is 0.329 e. The second-order valence-electron chi connectivity index (χ2n) is 3.96. The van der Waals surface area contributed by atoms with E-state index >= 15 is 0 Å². The highest BCUT2D eigenvalue weighted by atomic mass is 79.9. The summed E-state index contributed by atoms with van der Waals surface area (Å²) in [5, 5.41) is 16.4. The van der Waals surface area contributed by atoms with Crippen molar-refractivity contribution in [3.8, 4) is 0 Å². The zero-order chi connectivity index (χ0) is 15.4. The summed E-state index contributed by atoms with van der Waals surface area (Å²) in [5.74, 6) is -0.405. The Morgan fingerprint density at radius 2 is 2.24 bits per heavy atom. The van der Waals surface area contributed by atoms with E-state index in [2.05, 4.69) is 36.5 Å². The zero-order valence-corrected chi connectivity index (χ0v) is 12.5. The molecule has 2 aromatic rings. The molecule has 0 aliphatic heterocycles. The zero-order valence-electron chi connectivity index (χ0n) is 10.9. The van der Waals surface area contributed by atoms with E-state index in [0.717, 1.165) is 6.20 Å². The first-order chi connectivity index (χ1) is 10.0. The molecule has 0 aliphatic rings. The van der Waals surface area contributed by atoms with Crippen LogP contribution in [-0.4, -0.2) is 21.4 Å². The molecule has 21 heavy (non-hydrogen) atoms. The van der Waals surface area contributed by atoms with Gasteiger partial charge in [0.05, 0.1) is 10.6 Å². The molecule has 0 bridgehead atoms. The fourth-order valence-corrected chi connectivity index (χ4v) is 1.90. The van der Waals surface area contributed by atoms with Gasteiger partial charge in [-0.2, -0.15) is 4.98 Å². The molecule has 1 aromatic heterocycles. The number of anilines is 3. The first-order valence-electron chi connectivity index (χ1n) is 5.98. The van der Waals surface area contributed by atoms with Crippen molar-refractivity contribution in [2.75, 3.05) is 17.2 Å². The van der Waals surface area contributed by atoms with Crippen LogP contribution >= 0.6 is 15.9 Å². The number of hydrogen-bond donors (Lipinski definition) is 2. The van der Waals surface area contributed by atoms with Crippen LogP contribution in [0.2, 0.25) is 0 Å². The Morgan fingerprint density at radius 3 is 2.86 bits per heavy atom. The van der Waals surface area contributed by atoms with E-state index in [9.17, 15) is 14.5 Å². The van der Waals surface area contributed by atoms with Gasteiger partial charge in [0.1, 0.15) is 12.0 Å². The van der Waals surface area contributed by atoms with E-state index in [1.165, 1.54) is 12.1 Å². The van der Waals surface area contributed by atoms with Gasteiger partial charge in [0, 0.05) is 11.0 Å². The lowest BCUT2D eigenvalue weighted by atomic mass is 10.3. The summed E-state index contributed by atoms with van der Waals surface area (Å²) in [5.41, 5.74) is -0.249. The highest BCUT2D eigenvalue weighted by molar-refractivity contribution is 9.10. The Bertz CT molecular complexity index is 683. The van der Waals surface area contributed by atoms with Crippen molar-refractivity contribution in [3.05, 3.63) is 44.8 Å². The van der Waals surface area contributed by atoms with Crippen molar-refractivity contribution in [3.63, 3.8) is 0 Å². The number of aromatic nitrogens is 2. The fraction of sp³-hybridized carbons (Fsp3) is 0.167. The summed E-state index contributed by atoms with van der Waals surface area (Å²) in [6.45, 7) is 2.40. The summed E-state index contributed by atoms with van der Waals surface area (Å²) >= 11 is 3.14. The largest absolute Gasteiger partial charge is 0.354 e. The van der Waals surface area contributed by atoms with Gasteiger partial charge in [-0.15, -0.1) is 0 Å². The molecule has 2 N–H and O–H groups in total. The minimum atomic E-state index is -0.630. The summed E-state index contributed by atoms with van der Waals surface area (Å²) in [6.07, 6.45) is 1.07. The predicted molar refractivity (Wildman–Crippen MR) is 80.2 cm³/mol. The van der Waals surface area contributed by atoms with E-state index in [-0.39, 0.29) is 23.1 Å². The standard InChI is InChI=1S/C12H11BrFN5O2/c1-2-15-12-16-6-10(19(20)21)11(18-12)17-9-4-3-7(13)5-8(9)14/h3-6H,2H2,1H3,(H2,15,16,17,18). The molecule has 0 fully saturated rings. The van der Waals surface area contributed by atoms with Gasteiger partial charge in [-0.25, -0.2) is 9.37 Å². The molecule has 9 heteroatoms. The Labute approximate surface area is 127 Å². The van der Waals surface area contributed by atoms with Gasteiger partial charge in [-0.3, -0.25) is 10.1 Å². The summed E-state index contributed by atoms with van der Waals surface area (Å²) in [4.78, 5) is 18.2. The first kappa shape index (κ1) is 15.1. The first-order valence-corrected chi connectivity index (χ1v) is 6.78. The molecule has 0 amide bonds. The number of nitrogens with zero attached hydrogens (tertiary/aromatic N) is 3. The molecular weight excluding hydrogens is 345 g/mol. The van der Waals surface area contributed by atoms with Crippen LogP contribution in [0.3, 0.4) is 0 Å². The van der Waals surface area contributed by atoms with Crippen LogP contribution in [-0.2, 0) is 0 Å². The molecule has 0 aliphatic carbocycles. The van der Waals surface area contributed by atoms with Crippen LogP contribution in [0.1, 0.15) is 6.92 Å². The molecule has 110 valence electrons. The van der Waals surface area contributed by atoms with E-state index in [1.807, 2.05) is 6.92 Å². The molecule has 1 heterocycles. The number of nitrogens with one attached hydrogen (secondary N) is 2. The second kappa shape index (κ2) is 6.44. The van der Waals surface area contributed by atoms with Crippen LogP contribution in [0.15, 0.2) is 28.9 Å². The molecule has 0 unspecified atom stereocenters. The van der Waals surface area contributed by atoms with Crippen molar-refractivity contribution >= 4 is 39.1 Å². The number of halogens is 2. The lowest BCUT2D eigenvalue weighted by Crippen LogP contribution is -2.07. The topological polar surface area (TPSA) is 93.0 Å². The van der Waals surface area contributed by atoms with E-state index in [1.54, 1.807) is 6.07 Å². The third kappa shape index (κ3) is 3.63. The average molecular weight is 356 g/mol. The van der Waals surface area contributed by atoms with Gasteiger partial charge in [-0.05, 0) is 25.1 Å². The van der Waals surface area contributed by atoms with E-state index in [4.69, 9.17) is 0 Å². The van der Waals surface area contributed by atoms with Gasteiger partial charge in [-0.1, -0.05) is 15.9 Å². The Morgan fingerprint density at radius 1 is 1.48 bits per heavy atom. The second-order valence-corrected chi connectivity index (χ2v) is 4.88. The average Bonchev–Trinajstić information content (AvgIpc) is 2.42. The molecule has 0 saturated carbocycles. The molecular formula is C12H11BrFN5O2. The van der Waals surface area contributed by atoms with Gasteiger partial charge in [0.15, 0.2) is 0 Å². The van der Waals surface area contributed by atoms with Gasteiger partial charge in [0.25, 0.3) is 0 Å². The number of rotatable bonds is 5. The summed E-state index contributed by atoms with van der Waals surface area (Å²) < 4.78 is 14.4. The molecule has 2 rings (SSSR count). The third-order valence-electron chi connectivity index (χ3n) is 2.49. The Balaban J connectivity index is 2.40. The van der Waals surface area contributed by atoms with Crippen LogP contribution in [0.5, 0.6) is 0 Å². The highest BCUT2D eigenvalue weighted by Gasteiger charge is 2.18. The fourth-order valence-electron chi connectivity index (χ4n) is 1.56. The lowest BCUT2D eigenvalue weighted by Gasteiger charge is -2.09. The summed E-state index contributed by atoms with van der Waals surface area (Å²) in [6, 6.07) is 4.32. The van der Waals surface area contributed by atoms with Crippen molar-refractivity contribution in [2.45, 2.75) is 6.92 Å². The maximum atomic E-state index is 13.8. The number of hydrogen-bond acceptors (Lipinski definition) is 6. The SMILES string of the molecule is CCNc1ncc([N+](=O)[O-])c(Nc2ccc(Br)cc2F)n1. The number of benzene rings is 1. The third-order valence-corrected chi connectivity index (χ3v) is 2.98. The monoisotopic (exact) mass is 355 g/mol. The molecule has 0 saturated heterocycles. The van der Waals surface area contributed by atoms with Crippen LogP contribution in [0.4, 0.5) is 27.5 Å². The summed E-state index contributed by atoms with van der Waals surface area (Å²) in [7, 11) is 0. The lowest BCUT2D eigenvalue weighted by molar-refractivity contribution is -0.384. The van der Waals surface area contributed by atoms with Crippen LogP contribution in [0.25, 0.3) is 0 Å². The van der Waals surface area contributed by atoms with Crippen molar-refractivity contribution in [2.24, 2.45) is 0 Å². The number of nitro groups is 1. The van der Waals surface area contributed by atoms with Crippen molar-refractivity contribution < 1.29 is 9.31 Å². The predicted octanol–water partition coefficient (Wildman–Crippen LogP) is 3.46. The van der Waals surface area contributed by atoms with Gasteiger partial charge in [0.2, 0.25) is 11.8 Å². The highest BCUT2D eigenvalue weighted by Crippen LogP contribution is 2.28. The van der Waals surface area contributed by atoms with Crippen LogP contribution < -0.4 is 10.6 Å². The Hall–Kier alpha value is -2.29. The van der Waals surface area contributed by atoms with E-state index in [0.29, 0.717) is 11.0 Å². The van der Waals surface area contributed by atoms with Crippen molar-refractivity contribution in [1.29, 1.82) is 0 Å². The molecule has 7 nitrogen and oxygen atoms in total. The molecule has 0 spiro atoms. The van der Waals surface area contributed by atoms with E-state index < -0.39 is 10.7 Å². The van der Waals surface area contributed by atoms with Crippen LogP contribution in [0, 0.1) is 15.9 Å². The minimum Gasteiger partial charge on any atom is -0.354 e.